The Hall–Kier alpha value is -1.84. The first-order chi connectivity index (χ1) is 9.00. The average Bonchev–Trinajstić information content (AvgIpc) is 2.93. The quantitative estimate of drug-likeness (QED) is 0.917. The van der Waals surface area contributed by atoms with E-state index in [1.807, 2.05) is 6.07 Å². The molecule has 0 radical (unpaired) electrons. The molecule has 3 rings (SSSR count). The van der Waals surface area contributed by atoms with Gasteiger partial charge in [-0.25, -0.2) is 9.78 Å². The third-order valence-corrected chi connectivity index (χ3v) is 3.88. The zero-order valence-electron chi connectivity index (χ0n) is 11.4. The number of fused-ring (bicyclic) bond motifs is 1. The minimum atomic E-state index is -0.879. The van der Waals surface area contributed by atoms with E-state index in [2.05, 4.69) is 30.3 Å². The Labute approximate surface area is 112 Å². The summed E-state index contributed by atoms with van der Waals surface area (Å²) in [7, 11) is 0. The van der Waals surface area contributed by atoms with E-state index in [0.717, 1.165) is 23.3 Å². The number of carboxylic acids is 1. The molecule has 2 atom stereocenters. The van der Waals surface area contributed by atoms with Gasteiger partial charge in [-0.1, -0.05) is 26.8 Å². The van der Waals surface area contributed by atoms with E-state index in [4.69, 9.17) is 0 Å². The molecule has 1 aliphatic rings. The summed E-state index contributed by atoms with van der Waals surface area (Å²) in [4.78, 5) is 16.1. The first-order valence-corrected chi connectivity index (χ1v) is 6.74. The van der Waals surface area contributed by atoms with Crippen LogP contribution in [0.15, 0.2) is 18.2 Å². The zero-order valence-corrected chi connectivity index (χ0v) is 11.4. The SMILES string of the molecule is CC(C)c1nc2cccc(C(=O)O)c2n1C1CC1C. The van der Waals surface area contributed by atoms with E-state index in [9.17, 15) is 9.90 Å². The van der Waals surface area contributed by atoms with Gasteiger partial charge in [0, 0.05) is 12.0 Å². The molecule has 4 heteroatoms. The van der Waals surface area contributed by atoms with Crippen LogP contribution in [0.1, 0.15) is 55.3 Å². The van der Waals surface area contributed by atoms with E-state index < -0.39 is 5.97 Å². The summed E-state index contributed by atoms with van der Waals surface area (Å²) in [6, 6.07) is 5.74. The fourth-order valence-corrected chi connectivity index (χ4v) is 2.74. The summed E-state index contributed by atoms with van der Waals surface area (Å²) in [6.45, 7) is 6.40. The number of hydrogen-bond acceptors (Lipinski definition) is 2. The van der Waals surface area contributed by atoms with Gasteiger partial charge >= 0.3 is 5.97 Å². The predicted molar refractivity (Wildman–Crippen MR) is 73.6 cm³/mol. The van der Waals surface area contributed by atoms with Gasteiger partial charge in [0.2, 0.25) is 0 Å². The van der Waals surface area contributed by atoms with E-state index in [1.165, 1.54) is 0 Å². The average molecular weight is 258 g/mol. The number of aromatic carboxylic acids is 1. The third-order valence-electron chi connectivity index (χ3n) is 3.88. The highest BCUT2D eigenvalue weighted by Gasteiger charge is 2.38. The van der Waals surface area contributed by atoms with E-state index in [-0.39, 0.29) is 0 Å². The number of para-hydroxylation sites is 1. The molecule has 1 fully saturated rings. The highest BCUT2D eigenvalue weighted by atomic mass is 16.4. The normalized spacial score (nSPS) is 22.1. The Bertz CT molecular complexity index is 657. The maximum Gasteiger partial charge on any atom is 0.337 e. The smallest absolute Gasteiger partial charge is 0.337 e. The van der Waals surface area contributed by atoms with Crippen molar-refractivity contribution >= 4 is 17.0 Å². The van der Waals surface area contributed by atoms with Gasteiger partial charge in [-0.2, -0.15) is 0 Å². The molecule has 1 aromatic carbocycles. The van der Waals surface area contributed by atoms with Crippen LogP contribution in [0, 0.1) is 5.92 Å². The summed E-state index contributed by atoms with van der Waals surface area (Å²) in [5, 5.41) is 9.38. The number of rotatable bonds is 3. The molecule has 1 heterocycles. The van der Waals surface area contributed by atoms with Crippen molar-refractivity contribution < 1.29 is 9.90 Å². The lowest BCUT2D eigenvalue weighted by molar-refractivity contribution is 0.0698. The van der Waals surface area contributed by atoms with Gasteiger partial charge in [0.15, 0.2) is 0 Å². The van der Waals surface area contributed by atoms with Gasteiger partial charge in [0.25, 0.3) is 0 Å². The van der Waals surface area contributed by atoms with E-state index in [1.54, 1.807) is 12.1 Å². The van der Waals surface area contributed by atoms with Crippen LogP contribution in [0.5, 0.6) is 0 Å². The Morgan fingerprint density at radius 1 is 1.47 bits per heavy atom. The molecule has 2 unspecified atom stereocenters. The maximum absolute atomic E-state index is 11.4. The summed E-state index contributed by atoms with van der Waals surface area (Å²) in [6.07, 6.45) is 1.11. The lowest BCUT2D eigenvalue weighted by Gasteiger charge is -2.11. The second-order valence-electron chi connectivity index (χ2n) is 5.75. The van der Waals surface area contributed by atoms with E-state index >= 15 is 0 Å². The molecule has 0 amide bonds. The molecule has 1 aromatic heterocycles. The number of carbonyl (C=O) groups is 1. The molecule has 100 valence electrons. The number of hydrogen-bond donors (Lipinski definition) is 1. The summed E-state index contributed by atoms with van der Waals surface area (Å²) >= 11 is 0. The monoisotopic (exact) mass is 258 g/mol. The standard InChI is InChI=1S/C15H18N2O2/c1-8(2)14-16-11-6-4-5-10(15(18)19)13(11)17(14)12-7-9(12)3/h4-6,8-9,12H,7H2,1-3H3,(H,18,19). The Balaban J connectivity index is 2.33. The number of carboxylic acid groups (broad SMARTS) is 1. The molecule has 1 aliphatic carbocycles. The second-order valence-corrected chi connectivity index (χ2v) is 5.75. The van der Waals surface area contributed by atoms with Crippen LogP contribution in [-0.4, -0.2) is 20.6 Å². The summed E-state index contributed by atoms with van der Waals surface area (Å²) < 4.78 is 2.16. The number of benzene rings is 1. The van der Waals surface area contributed by atoms with Gasteiger partial charge in [0.1, 0.15) is 5.82 Å². The molecule has 4 nitrogen and oxygen atoms in total. The molecule has 1 N–H and O–H groups in total. The van der Waals surface area contributed by atoms with Crippen molar-refractivity contribution in [3.63, 3.8) is 0 Å². The lowest BCUT2D eigenvalue weighted by Crippen LogP contribution is -2.07. The van der Waals surface area contributed by atoms with Crippen LogP contribution in [0.3, 0.4) is 0 Å². The third kappa shape index (κ3) is 1.82. The van der Waals surface area contributed by atoms with Crippen LogP contribution < -0.4 is 0 Å². The van der Waals surface area contributed by atoms with Crippen LogP contribution in [0.25, 0.3) is 11.0 Å². The number of imidazole rings is 1. The fraction of sp³-hybridized carbons (Fsp3) is 0.467. The van der Waals surface area contributed by atoms with Crippen molar-refractivity contribution in [2.24, 2.45) is 5.92 Å². The van der Waals surface area contributed by atoms with Crippen LogP contribution in [-0.2, 0) is 0 Å². The first-order valence-electron chi connectivity index (χ1n) is 6.74. The predicted octanol–water partition coefficient (Wildman–Crippen LogP) is 3.44. The number of aromatic nitrogens is 2. The second kappa shape index (κ2) is 4.08. The van der Waals surface area contributed by atoms with Gasteiger partial charge in [-0.3, -0.25) is 0 Å². The Kier molecular flexibility index (Phi) is 2.62. The zero-order chi connectivity index (χ0) is 13.7. The topological polar surface area (TPSA) is 55.1 Å². The summed E-state index contributed by atoms with van der Waals surface area (Å²) in [5.74, 6) is 1.02. The molecule has 0 aliphatic heterocycles. The highest BCUT2D eigenvalue weighted by Crippen LogP contribution is 2.46. The van der Waals surface area contributed by atoms with Gasteiger partial charge in [-0.05, 0) is 24.5 Å². The lowest BCUT2D eigenvalue weighted by atomic mass is 10.1. The molecule has 0 saturated heterocycles. The van der Waals surface area contributed by atoms with Crippen LogP contribution >= 0.6 is 0 Å². The molecular formula is C15H18N2O2. The Morgan fingerprint density at radius 3 is 2.68 bits per heavy atom. The molecule has 0 spiro atoms. The molecule has 1 saturated carbocycles. The van der Waals surface area contributed by atoms with Crippen molar-refractivity contribution in [3.8, 4) is 0 Å². The van der Waals surface area contributed by atoms with Crippen molar-refractivity contribution in [1.29, 1.82) is 0 Å². The minimum absolute atomic E-state index is 0.293. The highest BCUT2D eigenvalue weighted by molar-refractivity contribution is 6.01. The van der Waals surface area contributed by atoms with Gasteiger partial charge in [0.05, 0.1) is 16.6 Å². The number of nitrogens with zero attached hydrogens (tertiary/aromatic N) is 2. The maximum atomic E-state index is 11.4. The Morgan fingerprint density at radius 2 is 2.16 bits per heavy atom. The minimum Gasteiger partial charge on any atom is -0.478 e. The van der Waals surface area contributed by atoms with Gasteiger partial charge in [-0.15, -0.1) is 0 Å². The molecular weight excluding hydrogens is 240 g/mol. The molecule has 2 aromatic rings. The molecule has 19 heavy (non-hydrogen) atoms. The van der Waals surface area contributed by atoms with Gasteiger partial charge < -0.3 is 9.67 Å². The van der Waals surface area contributed by atoms with Crippen molar-refractivity contribution in [2.45, 2.75) is 39.2 Å². The van der Waals surface area contributed by atoms with Crippen molar-refractivity contribution in [1.82, 2.24) is 9.55 Å². The largest absolute Gasteiger partial charge is 0.478 e. The fourth-order valence-electron chi connectivity index (χ4n) is 2.74. The van der Waals surface area contributed by atoms with Crippen molar-refractivity contribution in [2.75, 3.05) is 0 Å². The van der Waals surface area contributed by atoms with E-state index in [0.29, 0.717) is 23.4 Å². The molecule has 0 bridgehead atoms. The first kappa shape index (κ1) is 12.2. The van der Waals surface area contributed by atoms with Crippen LogP contribution in [0.2, 0.25) is 0 Å². The van der Waals surface area contributed by atoms with Crippen molar-refractivity contribution in [3.05, 3.63) is 29.6 Å². The van der Waals surface area contributed by atoms with Crippen LogP contribution in [0.4, 0.5) is 0 Å². The summed E-state index contributed by atoms with van der Waals surface area (Å²) in [5.41, 5.74) is 1.94.